The van der Waals surface area contributed by atoms with Crippen LogP contribution in [0.1, 0.15) is 19.0 Å². The van der Waals surface area contributed by atoms with Gasteiger partial charge in [-0.15, -0.1) is 0 Å². The molecular weight excluding hydrogens is 332 g/mol. The molecule has 0 spiro atoms. The first kappa shape index (κ1) is 17.8. The van der Waals surface area contributed by atoms with E-state index in [1.165, 1.54) is 10.5 Å². The summed E-state index contributed by atoms with van der Waals surface area (Å²) in [5, 5.41) is 15.0. The Morgan fingerprint density at radius 1 is 1.33 bits per heavy atom. The third kappa shape index (κ3) is 3.36. The molecule has 8 nitrogen and oxygen atoms in total. The molecule has 1 N–H and O–H groups in total. The molecule has 136 valence electrons. The predicted octanol–water partition coefficient (Wildman–Crippen LogP) is -0.331. The fourth-order valence-corrected chi connectivity index (χ4v) is 5.15. The van der Waals surface area contributed by atoms with E-state index in [1.807, 2.05) is 6.92 Å². The topological polar surface area (TPSA) is 87.9 Å². The van der Waals surface area contributed by atoms with Crippen molar-refractivity contribution < 1.29 is 18.3 Å². The van der Waals surface area contributed by atoms with Crippen molar-refractivity contribution in [1.82, 2.24) is 19.0 Å². The molecule has 0 amide bonds. The van der Waals surface area contributed by atoms with E-state index in [2.05, 4.69) is 10.00 Å². The standard InChI is InChI=1S/C15H26N4O4S/c1-3-19-13(2)14(10-16-19)24(21,22)18-5-4-15(20,12-18)11-17-6-8-23-9-7-17/h10,20H,3-9,11-12H2,1-2H3/t15-/m1/s1. The predicted molar refractivity (Wildman–Crippen MR) is 88.2 cm³/mol. The first-order valence-corrected chi connectivity index (χ1v) is 9.85. The van der Waals surface area contributed by atoms with E-state index >= 15 is 0 Å². The van der Waals surface area contributed by atoms with Crippen LogP contribution < -0.4 is 0 Å². The number of aliphatic hydroxyl groups is 1. The van der Waals surface area contributed by atoms with Crippen molar-refractivity contribution in [3.63, 3.8) is 0 Å². The Hall–Kier alpha value is -1.00. The van der Waals surface area contributed by atoms with Gasteiger partial charge in [0, 0.05) is 39.3 Å². The lowest BCUT2D eigenvalue weighted by molar-refractivity contribution is -0.0239. The van der Waals surface area contributed by atoms with Crippen LogP contribution in [0, 0.1) is 6.92 Å². The summed E-state index contributed by atoms with van der Waals surface area (Å²) >= 11 is 0. The molecule has 0 aliphatic carbocycles. The van der Waals surface area contributed by atoms with Crippen LogP contribution >= 0.6 is 0 Å². The number of aryl methyl sites for hydroxylation is 1. The lowest BCUT2D eigenvalue weighted by Gasteiger charge is -2.33. The van der Waals surface area contributed by atoms with Crippen LogP contribution in [0.3, 0.4) is 0 Å². The number of sulfonamides is 1. The normalized spacial score (nSPS) is 27.0. The highest BCUT2D eigenvalue weighted by Crippen LogP contribution is 2.29. The first-order valence-electron chi connectivity index (χ1n) is 8.41. The number of β-amino-alcohol motifs (C(OH)–C–C–N with tert-alkyl or cyclic N) is 1. The third-order valence-corrected chi connectivity index (χ3v) is 6.84. The number of morpholine rings is 1. The van der Waals surface area contributed by atoms with Crippen LogP contribution in [0.15, 0.2) is 11.1 Å². The van der Waals surface area contributed by atoms with Gasteiger partial charge in [0.15, 0.2) is 0 Å². The van der Waals surface area contributed by atoms with E-state index in [0.29, 0.717) is 45.0 Å². The van der Waals surface area contributed by atoms with Crippen molar-refractivity contribution in [2.45, 2.75) is 37.3 Å². The lowest BCUT2D eigenvalue weighted by atomic mass is 10.0. The van der Waals surface area contributed by atoms with Gasteiger partial charge in [0.25, 0.3) is 0 Å². The van der Waals surface area contributed by atoms with Gasteiger partial charge in [0.1, 0.15) is 4.90 Å². The largest absolute Gasteiger partial charge is 0.387 e. The fourth-order valence-electron chi connectivity index (χ4n) is 3.47. The minimum Gasteiger partial charge on any atom is -0.387 e. The molecule has 0 aromatic carbocycles. The van der Waals surface area contributed by atoms with Crippen LogP contribution in [0.4, 0.5) is 0 Å². The van der Waals surface area contributed by atoms with Crippen molar-refractivity contribution in [2.24, 2.45) is 0 Å². The zero-order chi connectivity index (χ0) is 17.4. The first-order chi connectivity index (χ1) is 11.4. The Balaban J connectivity index is 1.72. The molecule has 2 fully saturated rings. The van der Waals surface area contributed by atoms with E-state index in [-0.39, 0.29) is 11.4 Å². The Morgan fingerprint density at radius 3 is 2.67 bits per heavy atom. The average molecular weight is 358 g/mol. The molecule has 0 radical (unpaired) electrons. The molecule has 2 saturated heterocycles. The van der Waals surface area contributed by atoms with Gasteiger partial charge in [0.2, 0.25) is 10.0 Å². The van der Waals surface area contributed by atoms with E-state index in [0.717, 1.165) is 13.1 Å². The van der Waals surface area contributed by atoms with Gasteiger partial charge in [-0.05, 0) is 20.3 Å². The summed E-state index contributed by atoms with van der Waals surface area (Å²) in [7, 11) is -3.62. The van der Waals surface area contributed by atoms with Crippen LogP contribution in [-0.2, 0) is 21.3 Å². The smallest absolute Gasteiger partial charge is 0.246 e. The summed E-state index contributed by atoms with van der Waals surface area (Å²) in [5.41, 5.74) is -0.361. The summed E-state index contributed by atoms with van der Waals surface area (Å²) in [6.07, 6.45) is 1.86. The number of hydrogen-bond donors (Lipinski definition) is 1. The second-order valence-corrected chi connectivity index (χ2v) is 8.52. The van der Waals surface area contributed by atoms with Crippen LogP contribution in [-0.4, -0.2) is 84.0 Å². The van der Waals surface area contributed by atoms with E-state index in [1.54, 1.807) is 11.6 Å². The lowest BCUT2D eigenvalue weighted by Crippen LogP contribution is -2.49. The van der Waals surface area contributed by atoms with Gasteiger partial charge in [-0.1, -0.05) is 0 Å². The highest BCUT2D eigenvalue weighted by molar-refractivity contribution is 7.89. The molecule has 1 atom stereocenters. The molecule has 2 aliphatic heterocycles. The molecular formula is C15H26N4O4S. The summed E-state index contributed by atoms with van der Waals surface area (Å²) in [4.78, 5) is 2.37. The fraction of sp³-hybridized carbons (Fsp3) is 0.800. The average Bonchev–Trinajstić information content (AvgIpc) is 3.12. The quantitative estimate of drug-likeness (QED) is 0.775. The zero-order valence-corrected chi connectivity index (χ0v) is 15.1. The van der Waals surface area contributed by atoms with Gasteiger partial charge in [-0.3, -0.25) is 9.58 Å². The highest BCUT2D eigenvalue weighted by Gasteiger charge is 2.43. The van der Waals surface area contributed by atoms with Gasteiger partial charge in [0.05, 0.1) is 30.7 Å². The molecule has 9 heteroatoms. The van der Waals surface area contributed by atoms with E-state index in [9.17, 15) is 13.5 Å². The van der Waals surface area contributed by atoms with Crippen LogP contribution in [0.25, 0.3) is 0 Å². The number of hydrogen-bond acceptors (Lipinski definition) is 6. The SMILES string of the molecule is CCn1ncc(S(=O)(=O)N2CC[C@@](O)(CN3CCOCC3)C2)c1C. The zero-order valence-electron chi connectivity index (χ0n) is 14.3. The number of aromatic nitrogens is 2. The summed E-state index contributed by atoms with van der Waals surface area (Å²) in [5.74, 6) is 0. The summed E-state index contributed by atoms with van der Waals surface area (Å²) in [6.45, 7) is 8.13. The van der Waals surface area contributed by atoms with Crippen molar-refractivity contribution in [2.75, 3.05) is 45.9 Å². The minimum absolute atomic E-state index is 0.128. The molecule has 0 unspecified atom stereocenters. The number of rotatable bonds is 5. The number of ether oxygens (including phenoxy) is 1. The Morgan fingerprint density at radius 2 is 2.04 bits per heavy atom. The molecule has 3 heterocycles. The second kappa shape index (κ2) is 6.72. The van der Waals surface area contributed by atoms with Crippen LogP contribution in [0.2, 0.25) is 0 Å². The monoisotopic (exact) mass is 358 g/mol. The van der Waals surface area contributed by atoms with Gasteiger partial charge in [-0.2, -0.15) is 9.40 Å². The van der Waals surface area contributed by atoms with E-state index < -0.39 is 15.6 Å². The minimum atomic E-state index is -3.62. The molecule has 0 saturated carbocycles. The van der Waals surface area contributed by atoms with Crippen molar-refractivity contribution in [3.8, 4) is 0 Å². The van der Waals surface area contributed by atoms with Gasteiger partial charge in [-0.25, -0.2) is 8.42 Å². The van der Waals surface area contributed by atoms with Crippen molar-refractivity contribution >= 4 is 10.0 Å². The molecule has 2 aliphatic rings. The van der Waals surface area contributed by atoms with Gasteiger partial charge < -0.3 is 9.84 Å². The third-order valence-electron chi connectivity index (χ3n) is 4.89. The maximum atomic E-state index is 12.9. The molecule has 1 aromatic rings. The second-order valence-electron chi connectivity index (χ2n) is 6.61. The molecule has 1 aromatic heterocycles. The highest BCUT2D eigenvalue weighted by atomic mass is 32.2. The summed E-state index contributed by atoms with van der Waals surface area (Å²) < 4.78 is 34.2. The maximum absolute atomic E-state index is 12.9. The van der Waals surface area contributed by atoms with Crippen molar-refractivity contribution in [1.29, 1.82) is 0 Å². The Bertz CT molecular complexity index is 684. The van der Waals surface area contributed by atoms with Gasteiger partial charge >= 0.3 is 0 Å². The maximum Gasteiger partial charge on any atom is 0.246 e. The molecule has 24 heavy (non-hydrogen) atoms. The molecule has 0 bridgehead atoms. The molecule has 3 rings (SSSR count). The summed E-state index contributed by atoms with van der Waals surface area (Å²) in [6, 6.07) is 0. The Labute approximate surface area is 143 Å². The Kier molecular flexibility index (Phi) is 4.99. The van der Waals surface area contributed by atoms with Crippen LogP contribution in [0.5, 0.6) is 0 Å². The van der Waals surface area contributed by atoms with E-state index in [4.69, 9.17) is 4.74 Å². The number of nitrogens with zero attached hydrogens (tertiary/aromatic N) is 4. The van der Waals surface area contributed by atoms with Crippen molar-refractivity contribution in [3.05, 3.63) is 11.9 Å².